The molecule has 0 aliphatic heterocycles. The van der Waals surface area contributed by atoms with Crippen molar-refractivity contribution in [2.24, 2.45) is 17.8 Å². The summed E-state index contributed by atoms with van der Waals surface area (Å²) in [5.41, 5.74) is 0.909. The van der Waals surface area contributed by atoms with E-state index in [2.05, 4.69) is 18.8 Å². The number of carbonyl (C=O) groups is 1. The first-order valence-corrected chi connectivity index (χ1v) is 10.6. The predicted molar refractivity (Wildman–Crippen MR) is 111 cm³/mol. The van der Waals surface area contributed by atoms with Gasteiger partial charge in [0.15, 0.2) is 0 Å². The Morgan fingerprint density at radius 2 is 1.82 bits per heavy atom. The fourth-order valence-electron chi connectivity index (χ4n) is 4.46. The van der Waals surface area contributed by atoms with Crippen LogP contribution in [0.15, 0.2) is 30.3 Å². The van der Waals surface area contributed by atoms with Crippen LogP contribution in [0.1, 0.15) is 70.3 Å². The molecule has 2 rings (SSSR count). The highest BCUT2D eigenvalue weighted by atomic mass is 16.4. The Labute approximate surface area is 169 Å². The molecule has 1 aliphatic rings. The van der Waals surface area contributed by atoms with Crippen LogP contribution in [0.3, 0.4) is 0 Å². The number of hydrogen-bond donors (Lipinski definition) is 3. The summed E-state index contributed by atoms with van der Waals surface area (Å²) in [4.78, 5) is 10.6. The lowest BCUT2D eigenvalue weighted by Crippen LogP contribution is -2.21. The van der Waals surface area contributed by atoms with Gasteiger partial charge in [0.1, 0.15) is 6.10 Å². The summed E-state index contributed by atoms with van der Waals surface area (Å²) in [5, 5.41) is 29.4. The molecular formula is C24H34O4. The van der Waals surface area contributed by atoms with E-state index in [0.29, 0.717) is 18.3 Å². The summed E-state index contributed by atoms with van der Waals surface area (Å²) in [7, 11) is 0. The molecule has 0 bridgehead atoms. The highest BCUT2D eigenvalue weighted by molar-refractivity contribution is 5.66. The Bertz CT molecular complexity index is 646. The summed E-state index contributed by atoms with van der Waals surface area (Å²) in [6.45, 7) is 2.20. The van der Waals surface area contributed by atoms with E-state index in [-0.39, 0.29) is 18.4 Å². The van der Waals surface area contributed by atoms with Crippen LogP contribution in [0.4, 0.5) is 0 Å². The molecule has 0 spiro atoms. The lowest BCUT2D eigenvalue weighted by molar-refractivity contribution is -0.137. The van der Waals surface area contributed by atoms with Crippen molar-refractivity contribution in [1.29, 1.82) is 0 Å². The maximum Gasteiger partial charge on any atom is 0.303 e. The number of carboxylic acid groups (broad SMARTS) is 1. The predicted octanol–water partition coefficient (Wildman–Crippen LogP) is 4.24. The van der Waals surface area contributed by atoms with Crippen LogP contribution >= 0.6 is 0 Å². The minimum absolute atomic E-state index is 0.244. The number of hydrogen-bond acceptors (Lipinski definition) is 3. The average molecular weight is 387 g/mol. The number of carboxylic acids is 1. The molecule has 4 nitrogen and oxygen atoms in total. The molecule has 5 atom stereocenters. The fraction of sp³-hybridized carbons (Fsp3) is 0.625. The number of aliphatic hydroxyl groups excluding tert-OH is 2. The first-order chi connectivity index (χ1) is 13.5. The standard InChI is InChI=1S/C24H34O4/c1-18-17-23(26)22(11-7-2-3-8-12-24(27)28)21(18)16-15-20(25)14-13-19-9-5-4-6-10-19/h4-6,9-10,18,20-23,25-26H,2-3,7-8,11-12,15-17H2,1H3,(H,27,28)/t18-,20+,21?,22-,23+/m1/s1. The Balaban J connectivity index is 1.76. The van der Waals surface area contributed by atoms with Gasteiger partial charge < -0.3 is 15.3 Å². The topological polar surface area (TPSA) is 77.8 Å². The smallest absolute Gasteiger partial charge is 0.303 e. The van der Waals surface area contributed by atoms with Crippen LogP contribution in [0.5, 0.6) is 0 Å². The third-order valence-electron chi connectivity index (χ3n) is 6.00. The molecule has 1 saturated carbocycles. The Kier molecular flexibility index (Phi) is 9.54. The van der Waals surface area contributed by atoms with Crippen molar-refractivity contribution in [2.75, 3.05) is 0 Å². The zero-order valence-corrected chi connectivity index (χ0v) is 16.9. The van der Waals surface area contributed by atoms with E-state index in [1.807, 2.05) is 30.3 Å². The van der Waals surface area contributed by atoms with Gasteiger partial charge in [0.2, 0.25) is 0 Å². The molecule has 1 aromatic carbocycles. The largest absolute Gasteiger partial charge is 0.481 e. The average Bonchev–Trinajstić information content (AvgIpc) is 2.94. The SMILES string of the molecule is C[C@@H]1C[C@H](O)[C@H](CCCCCCC(=O)O)C1CC[C@@H](O)C#Cc1ccccc1. The lowest BCUT2D eigenvalue weighted by Gasteiger charge is -2.24. The highest BCUT2D eigenvalue weighted by Gasteiger charge is 2.39. The molecule has 1 fully saturated rings. The molecule has 0 heterocycles. The van der Waals surface area contributed by atoms with E-state index in [0.717, 1.165) is 50.5 Å². The van der Waals surface area contributed by atoms with Crippen LogP contribution < -0.4 is 0 Å². The summed E-state index contributed by atoms with van der Waals surface area (Å²) in [6.07, 6.45) is 6.39. The van der Waals surface area contributed by atoms with Crippen molar-refractivity contribution < 1.29 is 20.1 Å². The van der Waals surface area contributed by atoms with Crippen LogP contribution in [0.2, 0.25) is 0 Å². The Morgan fingerprint density at radius 3 is 2.54 bits per heavy atom. The minimum Gasteiger partial charge on any atom is -0.481 e. The third kappa shape index (κ3) is 7.66. The van der Waals surface area contributed by atoms with Gasteiger partial charge in [0.25, 0.3) is 0 Å². The Morgan fingerprint density at radius 1 is 1.11 bits per heavy atom. The van der Waals surface area contributed by atoms with Crippen LogP contribution in [0.25, 0.3) is 0 Å². The number of rotatable bonds is 10. The van der Waals surface area contributed by atoms with Gasteiger partial charge in [-0.15, -0.1) is 0 Å². The quantitative estimate of drug-likeness (QED) is 0.415. The zero-order chi connectivity index (χ0) is 20.4. The molecule has 0 amide bonds. The van der Waals surface area contributed by atoms with Crippen LogP contribution in [-0.2, 0) is 4.79 Å². The Hall–Kier alpha value is -1.83. The molecule has 154 valence electrons. The zero-order valence-electron chi connectivity index (χ0n) is 16.9. The normalized spacial score (nSPS) is 25.1. The van der Waals surface area contributed by atoms with Crippen LogP contribution in [0, 0.1) is 29.6 Å². The lowest BCUT2D eigenvalue weighted by atomic mass is 9.82. The van der Waals surface area contributed by atoms with Crippen molar-refractivity contribution >= 4 is 5.97 Å². The molecular weight excluding hydrogens is 352 g/mol. The van der Waals surface area contributed by atoms with E-state index in [1.54, 1.807) is 0 Å². The molecule has 3 N–H and O–H groups in total. The van der Waals surface area contributed by atoms with E-state index in [1.165, 1.54) is 0 Å². The first-order valence-electron chi connectivity index (χ1n) is 10.6. The molecule has 4 heteroatoms. The number of benzene rings is 1. The molecule has 1 aliphatic carbocycles. The molecule has 0 radical (unpaired) electrons. The second kappa shape index (κ2) is 11.9. The van der Waals surface area contributed by atoms with Crippen molar-refractivity contribution in [3.05, 3.63) is 35.9 Å². The molecule has 0 saturated heterocycles. The van der Waals surface area contributed by atoms with E-state index < -0.39 is 12.1 Å². The van der Waals surface area contributed by atoms with Crippen LogP contribution in [-0.4, -0.2) is 33.5 Å². The molecule has 0 aromatic heterocycles. The summed E-state index contributed by atoms with van der Waals surface area (Å²) in [5.74, 6) is 6.39. The van der Waals surface area contributed by atoms with E-state index in [4.69, 9.17) is 5.11 Å². The maximum absolute atomic E-state index is 10.6. The van der Waals surface area contributed by atoms with Gasteiger partial charge in [0.05, 0.1) is 6.10 Å². The molecule has 1 unspecified atom stereocenters. The summed E-state index contributed by atoms with van der Waals surface area (Å²) >= 11 is 0. The van der Waals surface area contributed by atoms with Crippen molar-refractivity contribution in [2.45, 2.75) is 76.9 Å². The van der Waals surface area contributed by atoms with Crippen molar-refractivity contribution in [3.8, 4) is 11.8 Å². The van der Waals surface area contributed by atoms with Crippen molar-refractivity contribution in [3.63, 3.8) is 0 Å². The fourth-order valence-corrected chi connectivity index (χ4v) is 4.46. The second-order valence-electron chi connectivity index (χ2n) is 8.18. The molecule has 1 aromatic rings. The first kappa shape index (κ1) is 22.5. The van der Waals surface area contributed by atoms with Gasteiger partial charge in [-0.3, -0.25) is 4.79 Å². The number of aliphatic carboxylic acids is 1. The maximum atomic E-state index is 10.6. The summed E-state index contributed by atoms with van der Waals surface area (Å²) < 4.78 is 0. The highest BCUT2D eigenvalue weighted by Crippen LogP contribution is 2.42. The number of aliphatic hydroxyl groups is 2. The van der Waals surface area contributed by atoms with Gasteiger partial charge in [0, 0.05) is 12.0 Å². The summed E-state index contributed by atoms with van der Waals surface area (Å²) in [6, 6.07) is 9.68. The van der Waals surface area contributed by atoms with Crippen molar-refractivity contribution in [1.82, 2.24) is 0 Å². The third-order valence-corrected chi connectivity index (χ3v) is 6.00. The number of unbranched alkanes of at least 4 members (excludes halogenated alkanes) is 3. The minimum atomic E-state index is -0.728. The van der Waals surface area contributed by atoms with E-state index >= 15 is 0 Å². The van der Waals surface area contributed by atoms with Gasteiger partial charge in [-0.1, -0.05) is 56.2 Å². The van der Waals surface area contributed by atoms with Gasteiger partial charge in [-0.05, 0) is 62.0 Å². The van der Waals surface area contributed by atoms with Gasteiger partial charge in [-0.25, -0.2) is 0 Å². The second-order valence-corrected chi connectivity index (χ2v) is 8.18. The van der Waals surface area contributed by atoms with Gasteiger partial charge in [-0.2, -0.15) is 0 Å². The van der Waals surface area contributed by atoms with Gasteiger partial charge >= 0.3 is 5.97 Å². The van der Waals surface area contributed by atoms with E-state index in [9.17, 15) is 15.0 Å². The monoisotopic (exact) mass is 386 g/mol. The molecule has 28 heavy (non-hydrogen) atoms.